The number of nitrogens with one attached hydrogen (secondary N) is 1. The van der Waals surface area contributed by atoms with Gasteiger partial charge in [-0.1, -0.05) is 35.9 Å². The Morgan fingerprint density at radius 3 is 2.60 bits per heavy atom. The van der Waals surface area contributed by atoms with Crippen LogP contribution in [0, 0.1) is 6.92 Å². The Morgan fingerprint density at radius 2 is 1.88 bits per heavy atom. The first-order valence-electron chi connectivity index (χ1n) is 7.95. The predicted molar refractivity (Wildman–Crippen MR) is 99.5 cm³/mol. The topological polar surface area (TPSA) is 67.2 Å². The van der Waals surface area contributed by atoms with E-state index < -0.39 is 0 Å². The van der Waals surface area contributed by atoms with E-state index in [9.17, 15) is 9.90 Å². The second kappa shape index (κ2) is 7.90. The molecule has 1 aromatic heterocycles. The molecule has 128 valence electrons. The number of aromatic hydroxyl groups is 1. The van der Waals surface area contributed by atoms with Crippen LogP contribution in [-0.2, 0) is 0 Å². The number of hydrogen-bond acceptors (Lipinski definition) is 4. The van der Waals surface area contributed by atoms with Gasteiger partial charge in [-0.05, 0) is 31.2 Å². The summed E-state index contributed by atoms with van der Waals surface area (Å²) < 4.78 is 1.49. The molecule has 0 fully saturated rings. The van der Waals surface area contributed by atoms with Gasteiger partial charge in [0.1, 0.15) is 0 Å². The molecule has 6 heteroatoms. The third-order valence-corrected chi connectivity index (χ3v) is 4.62. The summed E-state index contributed by atoms with van der Waals surface area (Å²) in [4.78, 5) is 13.4. The van der Waals surface area contributed by atoms with Crippen LogP contribution in [0.3, 0.4) is 0 Å². The lowest BCUT2D eigenvalue weighted by molar-refractivity contribution is 0.0948. The van der Waals surface area contributed by atoms with Crippen LogP contribution in [0.25, 0.3) is 5.69 Å². The zero-order chi connectivity index (χ0) is 17.6. The molecule has 1 amide bonds. The van der Waals surface area contributed by atoms with Crippen molar-refractivity contribution in [3.63, 3.8) is 0 Å². The van der Waals surface area contributed by atoms with Gasteiger partial charge in [0.05, 0.1) is 11.9 Å². The zero-order valence-electron chi connectivity index (χ0n) is 13.8. The highest BCUT2D eigenvalue weighted by Crippen LogP contribution is 2.19. The van der Waals surface area contributed by atoms with Crippen molar-refractivity contribution < 1.29 is 9.90 Å². The van der Waals surface area contributed by atoms with Gasteiger partial charge in [-0.25, -0.2) is 4.68 Å². The molecule has 3 rings (SSSR count). The Labute approximate surface area is 150 Å². The van der Waals surface area contributed by atoms with E-state index in [1.165, 1.54) is 16.4 Å². The van der Waals surface area contributed by atoms with Crippen LogP contribution in [0.4, 0.5) is 0 Å². The van der Waals surface area contributed by atoms with Gasteiger partial charge in [0.25, 0.3) is 5.91 Å². The molecule has 0 unspecified atom stereocenters. The number of para-hydroxylation sites is 1. The average Bonchev–Trinajstić information content (AvgIpc) is 3.03. The van der Waals surface area contributed by atoms with E-state index in [2.05, 4.69) is 41.6 Å². The number of hydrogen-bond donors (Lipinski definition) is 2. The third-order valence-electron chi connectivity index (χ3n) is 3.61. The van der Waals surface area contributed by atoms with Crippen LogP contribution in [0.2, 0.25) is 0 Å². The Balaban J connectivity index is 1.55. The van der Waals surface area contributed by atoms with Gasteiger partial charge >= 0.3 is 0 Å². The summed E-state index contributed by atoms with van der Waals surface area (Å²) in [6.07, 6.45) is 1.44. The molecular weight excluding hydrogens is 334 g/mol. The quantitative estimate of drug-likeness (QED) is 0.526. The van der Waals surface area contributed by atoms with Gasteiger partial charge < -0.3 is 10.4 Å². The second-order valence-electron chi connectivity index (χ2n) is 5.56. The highest BCUT2D eigenvalue weighted by molar-refractivity contribution is 7.99. The maximum absolute atomic E-state index is 12.2. The molecule has 0 saturated carbocycles. The van der Waals surface area contributed by atoms with E-state index >= 15 is 0 Å². The molecule has 2 aromatic carbocycles. The molecule has 0 bridgehead atoms. The Bertz CT molecular complexity index is 845. The van der Waals surface area contributed by atoms with E-state index in [0.29, 0.717) is 6.54 Å². The lowest BCUT2D eigenvalue weighted by Gasteiger charge is -2.04. The fraction of sp³-hybridized carbons (Fsp3) is 0.158. The van der Waals surface area contributed by atoms with E-state index in [-0.39, 0.29) is 17.4 Å². The Hall–Kier alpha value is -2.73. The molecule has 0 aliphatic rings. The molecule has 25 heavy (non-hydrogen) atoms. The zero-order valence-corrected chi connectivity index (χ0v) is 14.7. The number of carbonyl (C=O) groups excluding carboxylic acids is 1. The van der Waals surface area contributed by atoms with Crippen molar-refractivity contribution >= 4 is 17.7 Å². The number of amides is 1. The molecule has 3 aromatic rings. The van der Waals surface area contributed by atoms with E-state index in [1.807, 2.05) is 30.3 Å². The van der Waals surface area contributed by atoms with Crippen LogP contribution in [0.5, 0.6) is 5.75 Å². The standard InChI is InChI=1S/C19H19N3O2S/c1-14-7-9-16(10-8-14)25-12-11-20-19(24)18-17(23)13-22(21-18)15-5-3-2-4-6-15/h2-10,13,23H,11-12H2,1H3,(H,20,24). The summed E-state index contributed by atoms with van der Waals surface area (Å²) in [7, 11) is 0. The summed E-state index contributed by atoms with van der Waals surface area (Å²) in [5.74, 6) is 0.235. The first-order chi connectivity index (χ1) is 12.1. The lowest BCUT2D eigenvalue weighted by Crippen LogP contribution is -2.26. The molecule has 0 radical (unpaired) electrons. The van der Waals surface area contributed by atoms with Crippen molar-refractivity contribution in [2.45, 2.75) is 11.8 Å². The van der Waals surface area contributed by atoms with Crippen molar-refractivity contribution in [1.82, 2.24) is 15.1 Å². The molecule has 1 heterocycles. The first kappa shape index (κ1) is 17.1. The van der Waals surface area contributed by atoms with E-state index in [1.54, 1.807) is 11.8 Å². The summed E-state index contributed by atoms with van der Waals surface area (Å²) in [6.45, 7) is 2.55. The summed E-state index contributed by atoms with van der Waals surface area (Å²) in [5, 5.41) is 16.9. The first-order valence-corrected chi connectivity index (χ1v) is 8.94. The van der Waals surface area contributed by atoms with Crippen molar-refractivity contribution in [3.05, 3.63) is 72.1 Å². The second-order valence-corrected chi connectivity index (χ2v) is 6.73. The van der Waals surface area contributed by atoms with Gasteiger partial charge in [0.15, 0.2) is 11.4 Å². The van der Waals surface area contributed by atoms with Gasteiger partial charge in [-0.15, -0.1) is 11.8 Å². The molecule has 0 atom stereocenters. The van der Waals surface area contributed by atoms with E-state index in [0.717, 1.165) is 16.3 Å². The average molecular weight is 353 g/mol. The van der Waals surface area contributed by atoms with Crippen molar-refractivity contribution in [3.8, 4) is 11.4 Å². The molecule has 0 saturated heterocycles. The number of rotatable bonds is 6. The van der Waals surface area contributed by atoms with Gasteiger partial charge in [-0.2, -0.15) is 5.10 Å². The number of thioether (sulfide) groups is 1. The maximum Gasteiger partial charge on any atom is 0.275 e. The number of nitrogens with zero attached hydrogens (tertiary/aromatic N) is 2. The van der Waals surface area contributed by atoms with Gasteiger partial charge in [0, 0.05) is 17.2 Å². The summed E-state index contributed by atoms with van der Waals surface area (Å²) in [6, 6.07) is 17.6. The minimum atomic E-state index is -0.378. The summed E-state index contributed by atoms with van der Waals surface area (Å²) in [5.41, 5.74) is 2.04. The van der Waals surface area contributed by atoms with Crippen LogP contribution in [0.1, 0.15) is 16.1 Å². The lowest BCUT2D eigenvalue weighted by atomic mass is 10.2. The number of carbonyl (C=O) groups is 1. The van der Waals surface area contributed by atoms with Crippen LogP contribution in [0.15, 0.2) is 65.7 Å². The summed E-state index contributed by atoms with van der Waals surface area (Å²) >= 11 is 1.67. The minimum Gasteiger partial charge on any atom is -0.504 e. The normalized spacial score (nSPS) is 10.6. The van der Waals surface area contributed by atoms with Crippen molar-refractivity contribution in [1.29, 1.82) is 0 Å². The maximum atomic E-state index is 12.2. The third kappa shape index (κ3) is 4.42. The SMILES string of the molecule is Cc1ccc(SCCNC(=O)c2nn(-c3ccccc3)cc2O)cc1. The predicted octanol–water partition coefficient (Wildman–Crippen LogP) is 3.41. The van der Waals surface area contributed by atoms with Gasteiger partial charge in [-0.3, -0.25) is 4.79 Å². The highest BCUT2D eigenvalue weighted by Gasteiger charge is 2.16. The molecular formula is C19H19N3O2S. The van der Waals surface area contributed by atoms with Crippen LogP contribution >= 0.6 is 11.8 Å². The van der Waals surface area contributed by atoms with Crippen LogP contribution < -0.4 is 5.32 Å². The monoisotopic (exact) mass is 353 g/mol. The number of benzene rings is 2. The van der Waals surface area contributed by atoms with Gasteiger partial charge in [0.2, 0.25) is 0 Å². The van der Waals surface area contributed by atoms with Crippen molar-refractivity contribution in [2.75, 3.05) is 12.3 Å². The fourth-order valence-corrected chi connectivity index (χ4v) is 3.06. The Kier molecular flexibility index (Phi) is 5.40. The largest absolute Gasteiger partial charge is 0.504 e. The highest BCUT2D eigenvalue weighted by atomic mass is 32.2. The smallest absolute Gasteiger partial charge is 0.275 e. The molecule has 0 aliphatic carbocycles. The Morgan fingerprint density at radius 1 is 1.16 bits per heavy atom. The molecule has 2 N–H and O–H groups in total. The fourth-order valence-electron chi connectivity index (χ4n) is 2.29. The number of aryl methyl sites for hydroxylation is 1. The van der Waals surface area contributed by atoms with Crippen LogP contribution in [-0.4, -0.2) is 33.1 Å². The number of aromatic nitrogens is 2. The molecule has 0 aliphatic heterocycles. The van der Waals surface area contributed by atoms with Crippen molar-refractivity contribution in [2.24, 2.45) is 0 Å². The van der Waals surface area contributed by atoms with E-state index in [4.69, 9.17) is 0 Å². The molecule has 5 nitrogen and oxygen atoms in total. The molecule has 0 spiro atoms. The minimum absolute atomic E-state index is 0.0317.